The quantitative estimate of drug-likeness (QED) is 0.389. The number of aliphatic hydroxyl groups excluding tert-OH is 1. The topological polar surface area (TPSA) is 102 Å². The van der Waals surface area contributed by atoms with Gasteiger partial charge in [0.05, 0.1) is 11.5 Å². The molecule has 0 radical (unpaired) electrons. The molecule has 5 aliphatic carbocycles. The van der Waals surface area contributed by atoms with E-state index in [1.54, 1.807) is 0 Å². The van der Waals surface area contributed by atoms with Crippen LogP contribution in [0.4, 0.5) is 0 Å². The first-order chi connectivity index (χ1) is 19.8. The SMILES string of the molecule is CC(C)C1=C2C(c3nnc(-c4ccc(Cl)cc4)o3)(CCC3C2(N)CCC2C4(C)CCC(O)C(C)C4CCC32C)CC1=O. The van der Waals surface area contributed by atoms with Crippen molar-refractivity contribution in [2.45, 2.75) is 109 Å². The van der Waals surface area contributed by atoms with Crippen LogP contribution in [0.5, 0.6) is 0 Å². The second-order valence-electron chi connectivity index (χ2n) is 15.4. The average Bonchev–Trinajstić information content (AvgIpc) is 3.55. The van der Waals surface area contributed by atoms with E-state index in [1.165, 1.54) is 0 Å². The second-order valence-corrected chi connectivity index (χ2v) is 15.8. The van der Waals surface area contributed by atoms with E-state index in [9.17, 15) is 9.90 Å². The van der Waals surface area contributed by atoms with Gasteiger partial charge in [0.2, 0.25) is 11.8 Å². The Morgan fingerprint density at radius 3 is 2.38 bits per heavy atom. The number of nitrogens with zero attached hydrogens (tertiary/aromatic N) is 2. The third kappa shape index (κ3) is 3.73. The summed E-state index contributed by atoms with van der Waals surface area (Å²) < 4.78 is 6.46. The molecule has 226 valence electrons. The van der Waals surface area contributed by atoms with Gasteiger partial charge in [-0.3, -0.25) is 4.79 Å². The van der Waals surface area contributed by atoms with Crippen molar-refractivity contribution in [3.05, 3.63) is 46.3 Å². The number of benzene rings is 1. The molecule has 1 heterocycles. The molecule has 1 aromatic heterocycles. The van der Waals surface area contributed by atoms with Gasteiger partial charge in [-0.05, 0) is 127 Å². The Morgan fingerprint density at radius 1 is 0.976 bits per heavy atom. The largest absolute Gasteiger partial charge is 0.420 e. The minimum Gasteiger partial charge on any atom is -0.420 e. The van der Waals surface area contributed by atoms with Crippen molar-refractivity contribution in [2.75, 3.05) is 0 Å². The van der Waals surface area contributed by atoms with Crippen LogP contribution in [0.3, 0.4) is 0 Å². The van der Waals surface area contributed by atoms with Gasteiger partial charge in [-0.15, -0.1) is 10.2 Å². The summed E-state index contributed by atoms with van der Waals surface area (Å²) in [7, 11) is 0. The predicted octanol–water partition coefficient (Wildman–Crippen LogP) is 7.28. The van der Waals surface area contributed by atoms with E-state index in [4.69, 9.17) is 21.8 Å². The molecule has 2 aromatic rings. The molecule has 4 saturated carbocycles. The summed E-state index contributed by atoms with van der Waals surface area (Å²) in [6.07, 6.45) is 8.10. The molecule has 0 saturated heterocycles. The van der Waals surface area contributed by atoms with Crippen LogP contribution in [0.15, 0.2) is 39.8 Å². The van der Waals surface area contributed by atoms with Crippen LogP contribution in [0.25, 0.3) is 11.5 Å². The van der Waals surface area contributed by atoms with Gasteiger partial charge in [0.25, 0.3) is 0 Å². The Kier molecular flexibility index (Phi) is 6.49. The number of halogens is 1. The molecule has 42 heavy (non-hydrogen) atoms. The molecule has 4 fully saturated rings. The summed E-state index contributed by atoms with van der Waals surface area (Å²) in [4.78, 5) is 13.9. The summed E-state index contributed by atoms with van der Waals surface area (Å²) in [5, 5.41) is 20.5. The van der Waals surface area contributed by atoms with Gasteiger partial charge in [-0.25, -0.2) is 0 Å². The van der Waals surface area contributed by atoms with Crippen molar-refractivity contribution in [1.82, 2.24) is 10.2 Å². The van der Waals surface area contributed by atoms with Crippen LogP contribution < -0.4 is 5.73 Å². The number of fused-ring (bicyclic) bond motifs is 7. The van der Waals surface area contributed by atoms with Crippen LogP contribution >= 0.6 is 11.6 Å². The van der Waals surface area contributed by atoms with Crippen molar-refractivity contribution < 1.29 is 14.3 Å². The maximum Gasteiger partial charge on any atom is 0.247 e. The monoisotopic (exact) mass is 591 g/mol. The molecule has 0 aliphatic heterocycles. The number of allylic oxidation sites excluding steroid dienone is 1. The molecule has 7 heteroatoms. The molecule has 7 rings (SSSR count). The number of aromatic nitrogens is 2. The van der Waals surface area contributed by atoms with E-state index < -0.39 is 11.0 Å². The number of hydrogen-bond acceptors (Lipinski definition) is 6. The zero-order valence-corrected chi connectivity index (χ0v) is 26.5. The predicted molar refractivity (Wildman–Crippen MR) is 164 cm³/mol. The fourth-order valence-corrected chi connectivity index (χ4v) is 11.6. The highest BCUT2D eigenvalue weighted by Gasteiger charge is 2.69. The highest BCUT2D eigenvalue weighted by Crippen LogP contribution is 2.72. The van der Waals surface area contributed by atoms with E-state index in [0.29, 0.717) is 41.0 Å². The van der Waals surface area contributed by atoms with Crippen LogP contribution in [0.2, 0.25) is 5.02 Å². The normalized spacial score (nSPS) is 43.2. The van der Waals surface area contributed by atoms with Crippen molar-refractivity contribution in [2.24, 2.45) is 46.2 Å². The van der Waals surface area contributed by atoms with E-state index in [-0.39, 0.29) is 34.6 Å². The van der Waals surface area contributed by atoms with E-state index in [2.05, 4.69) is 44.8 Å². The molecule has 0 spiro atoms. The lowest BCUT2D eigenvalue weighted by Gasteiger charge is -2.69. The molecule has 6 nitrogen and oxygen atoms in total. The van der Waals surface area contributed by atoms with Crippen molar-refractivity contribution >= 4 is 17.4 Å². The van der Waals surface area contributed by atoms with E-state index in [0.717, 1.165) is 68.1 Å². The average molecular weight is 592 g/mol. The highest BCUT2D eigenvalue weighted by atomic mass is 35.5. The lowest BCUT2D eigenvalue weighted by atomic mass is 9.36. The first-order valence-electron chi connectivity index (χ1n) is 16.2. The smallest absolute Gasteiger partial charge is 0.247 e. The second kappa shape index (κ2) is 9.49. The van der Waals surface area contributed by atoms with Gasteiger partial charge in [-0.1, -0.05) is 46.2 Å². The van der Waals surface area contributed by atoms with Crippen molar-refractivity contribution in [3.8, 4) is 11.5 Å². The first-order valence-corrected chi connectivity index (χ1v) is 16.6. The fourth-order valence-electron chi connectivity index (χ4n) is 11.5. The summed E-state index contributed by atoms with van der Waals surface area (Å²) in [6.45, 7) is 11.6. The fraction of sp³-hybridized carbons (Fsp3) is 0.686. The van der Waals surface area contributed by atoms with Crippen LogP contribution in [-0.2, 0) is 10.2 Å². The Labute approximate surface area is 254 Å². The lowest BCUT2D eigenvalue weighted by molar-refractivity contribution is -0.180. The summed E-state index contributed by atoms with van der Waals surface area (Å²) in [6, 6.07) is 7.42. The molecular weight excluding hydrogens is 546 g/mol. The Balaban J connectivity index is 1.32. The van der Waals surface area contributed by atoms with Gasteiger partial charge in [0, 0.05) is 22.5 Å². The van der Waals surface area contributed by atoms with Crippen molar-refractivity contribution in [1.29, 1.82) is 0 Å². The zero-order chi connectivity index (χ0) is 29.8. The Morgan fingerprint density at radius 2 is 1.67 bits per heavy atom. The summed E-state index contributed by atoms with van der Waals surface area (Å²) >= 11 is 6.12. The van der Waals surface area contributed by atoms with Crippen molar-refractivity contribution in [3.63, 3.8) is 0 Å². The molecular formula is C35H46ClN3O3. The molecule has 1 aromatic carbocycles. The minimum absolute atomic E-state index is 0.0756. The maximum atomic E-state index is 13.9. The van der Waals surface area contributed by atoms with Crippen LogP contribution in [0, 0.1) is 40.4 Å². The maximum absolute atomic E-state index is 13.9. The number of hydrogen-bond donors (Lipinski definition) is 2. The number of ketones is 1. The van der Waals surface area contributed by atoms with Gasteiger partial charge < -0.3 is 15.3 Å². The van der Waals surface area contributed by atoms with Crippen LogP contribution in [-0.4, -0.2) is 32.7 Å². The minimum atomic E-state index is -0.645. The zero-order valence-electron chi connectivity index (χ0n) is 25.8. The molecule has 9 atom stereocenters. The first kappa shape index (κ1) is 28.7. The molecule has 5 aliphatic rings. The number of carbonyl (C=O) groups is 1. The van der Waals surface area contributed by atoms with E-state index >= 15 is 0 Å². The van der Waals surface area contributed by atoms with Gasteiger partial charge in [-0.2, -0.15) is 0 Å². The Hall–Kier alpha value is -2.02. The van der Waals surface area contributed by atoms with Gasteiger partial charge >= 0.3 is 0 Å². The Bertz CT molecular complexity index is 1450. The molecule has 3 N–H and O–H groups in total. The molecule has 0 bridgehead atoms. The van der Waals surface area contributed by atoms with Crippen LogP contribution in [0.1, 0.15) is 98.3 Å². The highest BCUT2D eigenvalue weighted by molar-refractivity contribution is 6.30. The van der Waals surface area contributed by atoms with Gasteiger partial charge in [0.1, 0.15) is 0 Å². The third-order valence-electron chi connectivity index (χ3n) is 13.3. The summed E-state index contributed by atoms with van der Waals surface area (Å²) in [5.41, 5.74) is 9.68. The third-order valence-corrected chi connectivity index (χ3v) is 13.5. The number of Topliss-reactive ketones (excluding diaryl/α,β-unsaturated/α-hetero) is 1. The number of rotatable bonds is 3. The van der Waals surface area contributed by atoms with E-state index in [1.807, 2.05) is 24.3 Å². The lowest BCUT2D eigenvalue weighted by Crippen LogP contribution is -2.69. The standard InChI is InChI=1S/C35H46ClN3O3/c1-19(2)28-25(41)18-34(31-39-38-30(42-31)21-6-8-22(36)9-7-21)16-12-27-33(5)14-10-23-20(3)24(40)11-15-32(23,4)26(33)13-17-35(27,37)29(28)34/h6-9,19-20,23-24,26-27,40H,10-18,37H2,1-5H3. The number of carbonyl (C=O) groups excluding carboxylic acids is 1. The summed E-state index contributed by atoms with van der Waals surface area (Å²) in [5.74, 6) is 2.99. The molecule has 9 unspecified atom stereocenters. The number of aliphatic hydroxyl groups is 1. The number of nitrogens with two attached hydrogens (primary N) is 1. The van der Waals surface area contributed by atoms with Gasteiger partial charge in [0.15, 0.2) is 5.78 Å². The molecule has 0 amide bonds.